The number of fused-ring (bicyclic) bond motifs is 1. The van der Waals surface area contributed by atoms with Crippen molar-refractivity contribution < 1.29 is 4.74 Å². The smallest absolute Gasteiger partial charge is 0.142 e. The van der Waals surface area contributed by atoms with Gasteiger partial charge in [-0.05, 0) is 31.2 Å². The third-order valence-electron chi connectivity index (χ3n) is 3.02. The summed E-state index contributed by atoms with van der Waals surface area (Å²) in [6.07, 6.45) is 0. The van der Waals surface area contributed by atoms with Gasteiger partial charge >= 0.3 is 0 Å². The van der Waals surface area contributed by atoms with Crippen molar-refractivity contribution in [3.8, 4) is 17.1 Å². The molecule has 3 aromatic rings. The Hall–Kier alpha value is -2.20. The highest BCUT2D eigenvalue weighted by Crippen LogP contribution is 2.31. The molecule has 0 saturated heterocycles. The van der Waals surface area contributed by atoms with Crippen molar-refractivity contribution in [3.63, 3.8) is 0 Å². The van der Waals surface area contributed by atoms with Crippen LogP contribution in [-0.2, 0) is 0 Å². The molecule has 0 spiro atoms. The van der Waals surface area contributed by atoms with Crippen molar-refractivity contribution in [2.45, 2.75) is 6.92 Å². The maximum atomic E-state index is 6.01. The van der Waals surface area contributed by atoms with Crippen LogP contribution < -0.4 is 10.5 Å². The number of H-pyrrole nitrogens is 1. The van der Waals surface area contributed by atoms with Gasteiger partial charge in [0.25, 0.3) is 0 Å². The molecule has 0 saturated carbocycles. The highest BCUT2D eigenvalue weighted by atomic mass is 35.5. The van der Waals surface area contributed by atoms with Crippen LogP contribution in [0, 0.1) is 0 Å². The van der Waals surface area contributed by atoms with E-state index in [4.69, 9.17) is 22.1 Å². The van der Waals surface area contributed by atoms with Gasteiger partial charge in [0, 0.05) is 5.02 Å². The Kier molecular flexibility index (Phi) is 3.24. The third-order valence-corrected chi connectivity index (χ3v) is 3.24. The zero-order valence-electron chi connectivity index (χ0n) is 11.0. The summed E-state index contributed by atoms with van der Waals surface area (Å²) in [5.41, 5.74) is 8.94. The first-order valence-corrected chi connectivity index (χ1v) is 6.73. The molecule has 0 fully saturated rings. The zero-order chi connectivity index (χ0) is 14.1. The summed E-state index contributed by atoms with van der Waals surface area (Å²) in [5, 5.41) is 0.586. The summed E-state index contributed by atoms with van der Waals surface area (Å²) in [6.45, 7) is 2.55. The Morgan fingerprint density at radius 3 is 2.90 bits per heavy atom. The average molecular weight is 288 g/mol. The number of nitrogen functional groups attached to an aromatic ring is 1. The van der Waals surface area contributed by atoms with Crippen molar-refractivity contribution in [1.82, 2.24) is 9.97 Å². The molecule has 4 nitrogen and oxygen atoms in total. The van der Waals surface area contributed by atoms with Crippen LogP contribution in [0.4, 0.5) is 5.69 Å². The molecule has 2 aromatic carbocycles. The minimum atomic E-state index is 0.559. The van der Waals surface area contributed by atoms with Crippen LogP contribution >= 0.6 is 11.6 Å². The van der Waals surface area contributed by atoms with E-state index in [0.29, 0.717) is 17.3 Å². The molecule has 0 aliphatic heterocycles. The van der Waals surface area contributed by atoms with Gasteiger partial charge in [0.2, 0.25) is 0 Å². The highest BCUT2D eigenvalue weighted by molar-refractivity contribution is 6.31. The number of benzene rings is 2. The van der Waals surface area contributed by atoms with Gasteiger partial charge < -0.3 is 15.5 Å². The number of nitrogens with zero attached hydrogens (tertiary/aromatic N) is 1. The van der Waals surface area contributed by atoms with Crippen LogP contribution in [0.25, 0.3) is 22.4 Å². The van der Waals surface area contributed by atoms with E-state index in [0.717, 1.165) is 28.2 Å². The summed E-state index contributed by atoms with van der Waals surface area (Å²) in [5.74, 6) is 1.51. The lowest BCUT2D eigenvalue weighted by Gasteiger charge is -2.07. The van der Waals surface area contributed by atoms with Crippen LogP contribution in [0.15, 0.2) is 36.4 Å². The number of hydrogen-bond donors (Lipinski definition) is 2. The Bertz CT molecular complexity index is 767. The average Bonchev–Trinajstić information content (AvgIpc) is 2.83. The fourth-order valence-electron chi connectivity index (χ4n) is 2.18. The Morgan fingerprint density at radius 1 is 1.30 bits per heavy atom. The quantitative estimate of drug-likeness (QED) is 0.719. The van der Waals surface area contributed by atoms with Gasteiger partial charge in [0.05, 0.1) is 23.4 Å². The van der Waals surface area contributed by atoms with Gasteiger partial charge in [-0.25, -0.2) is 4.98 Å². The molecule has 0 unspecified atom stereocenters. The second-order valence-electron chi connectivity index (χ2n) is 4.41. The number of ether oxygens (including phenoxy) is 1. The molecular weight excluding hydrogens is 274 g/mol. The van der Waals surface area contributed by atoms with Gasteiger partial charge in [0.1, 0.15) is 17.1 Å². The van der Waals surface area contributed by atoms with Crippen molar-refractivity contribution >= 4 is 28.3 Å². The summed E-state index contributed by atoms with van der Waals surface area (Å²) >= 11 is 6.01. The second-order valence-corrected chi connectivity index (χ2v) is 4.84. The number of rotatable bonds is 3. The molecule has 0 amide bonds. The molecule has 0 bridgehead atoms. The first-order valence-electron chi connectivity index (χ1n) is 6.36. The summed E-state index contributed by atoms with van der Waals surface area (Å²) in [4.78, 5) is 7.78. The number of hydrogen-bond acceptors (Lipinski definition) is 3. The number of imidazole rings is 1. The van der Waals surface area contributed by atoms with E-state index in [1.54, 1.807) is 6.07 Å². The second kappa shape index (κ2) is 5.06. The van der Waals surface area contributed by atoms with Gasteiger partial charge in [-0.1, -0.05) is 23.7 Å². The van der Waals surface area contributed by atoms with Gasteiger partial charge in [0.15, 0.2) is 0 Å². The molecular formula is C15H14ClN3O. The standard InChI is InChI=1S/C15H14ClN3O/c1-2-20-13-6-4-3-5-10(13)15-18-12-8-9(16)7-11(17)14(12)19-15/h3-8H,2,17H2,1H3,(H,18,19). The van der Waals surface area contributed by atoms with Crippen LogP contribution in [0.3, 0.4) is 0 Å². The number of aromatic amines is 1. The van der Waals surface area contributed by atoms with E-state index < -0.39 is 0 Å². The largest absolute Gasteiger partial charge is 0.493 e. The van der Waals surface area contributed by atoms with E-state index >= 15 is 0 Å². The zero-order valence-corrected chi connectivity index (χ0v) is 11.7. The summed E-state index contributed by atoms with van der Waals surface area (Å²) < 4.78 is 5.62. The predicted molar refractivity (Wildman–Crippen MR) is 82.1 cm³/mol. The first kappa shape index (κ1) is 12.8. The molecule has 1 aromatic heterocycles. The van der Waals surface area contributed by atoms with Crippen molar-refractivity contribution in [3.05, 3.63) is 41.4 Å². The lowest BCUT2D eigenvalue weighted by Crippen LogP contribution is -1.94. The Labute approximate surface area is 121 Å². The van der Waals surface area contributed by atoms with E-state index in [9.17, 15) is 0 Å². The van der Waals surface area contributed by atoms with Crippen LogP contribution in [0.5, 0.6) is 5.75 Å². The van der Waals surface area contributed by atoms with Crippen LogP contribution in [0.2, 0.25) is 5.02 Å². The summed E-state index contributed by atoms with van der Waals surface area (Å²) in [6, 6.07) is 11.3. The van der Waals surface area contributed by atoms with Crippen molar-refractivity contribution in [2.24, 2.45) is 0 Å². The van der Waals surface area contributed by atoms with Gasteiger partial charge in [-0.15, -0.1) is 0 Å². The molecule has 3 N–H and O–H groups in total. The maximum Gasteiger partial charge on any atom is 0.142 e. The maximum absolute atomic E-state index is 6.01. The molecule has 0 atom stereocenters. The summed E-state index contributed by atoms with van der Waals surface area (Å²) in [7, 11) is 0. The number of nitrogens with two attached hydrogens (primary N) is 1. The van der Waals surface area contributed by atoms with E-state index in [2.05, 4.69) is 9.97 Å². The molecule has 20 heavy (non-hydrogen) atoms. The number of halogens is 1. The van der Waals surface area contributed by atoms with Crippen LogP contribution in [-0.4, -0.2) is 16.6 Å². The topological polar surface area (TPSA) is 63.9 Å². The monoisotopic (exact) mass is 287 g/mol. The van der Waals surface area contributed by atoms with E-state index in [1.165, 1.54) is 0 Å². The number of anilines is 1. The van der Waals surface area contributed by atoms with E-state index in [1.807, 2.05) is 37.3 Å². The number of para-hydroxylation sites is 1. The molecule has 3 rings (SSSR count). The Balaban J connectivity index is 2.18. The van der Waals surface area contributed by atoms with Gasteiger partial charge in [-0.3, -0.25) is 0 Å². The minimum Gasteiger partial charge on any atom is -0.493 e. The van der Waals surface area contributed by atoms with Crippen molar-refractivity contribution in [2.75, 3.05) is 12.3 Å². The van der Waals surface area contributed by atoms with E-state index in [-0.39, 0.29) is 0 Å². The molecule has 5 heteroatoms. The SMILES string of the molecule is CCOc1ccccc1-c1nc2c(N)cc(Cl)cc2[nH]1. The fourth-order valence-corrected chi connectivity index (χ4v) is 2.41. The predicted octanol–water partition coefficient (Wildman–Crippen LogP) is 3.86. The number of nitrogens with one attached hydrogen (secondary N) is 1. The number of aromatic nitrogens is 2. The van der Waals surface area contributed by atoms with Crippen molar-refractivity contribution in [1.29, 1.82) is 0 Å². The minimum absolute atomic E-state index is 0.559. The lowest BCUT2D eigenvalue weighted by atomic mass is 10.2. The lowest BCUT2D eigenvalue weighted by molar-refractivity contribution is 0.341. The Morgan fingerprint density at radius 2 is 2.10 bits per heavy atom. The third kappa shape index (κ3) is 2.18. The molecule has 1 heterocycles. The first-order chi connectivity index (χ1) is 9.69. The molecule has 102 valence electrons. The fraction of sp³-hybridized carbons (Fsp3) is 0.133. The highest BCUT2D eigenvalue weighted by Gasteiger charge is 2.12. The molecule has 0 aliphatic rings. The van der Waals surface area contributed by atoms with Crippen LogP contribution in [0.1, 0.15) is 6.92 Å². The normalized spacial score (nSPS) is 10.9. The van der Waals surface area contributed by atoms with Gasteiger partial charge in [-0.2, -0.15) is 0 Å². The molecule has 0 radical (unpaired) electrons. The molecule has 0 aliphatic carbocycles.